The first kappa shape index (κ1) is 28.1. The van der Waals surface area contributed by atoms with Crippen molar-refractivity contribution >= 4 is 43.3 Å². The first-order valence-corrected chi connectivity index (χ1v) is 14.7. The maximum Gasteiger partial charge on any atom is 0.264 e. The number of hydrogen-bond acceptors (Lipinski definition) is 7. The first-order chi connectivity index (χ1) is 17.0. The summed E-state index contributed by atoms with van der Waals surface area (Å²) in [4.78, 5) is 20.8. The van der Waals surface area contributed by atoms with E-state index >= 15 is 0 Å². The molecule has 12 heteroatoms. The largest absolute Gasteiger partial charge is 0.325 e. The summed E-state index contributed by atoms with van der Waals surface area (Å²) in [7, 11) is -7.70. The lowest BCUT2D eigenvalue weighted by Crippen LogP contribution is -2.37. The zero-order chi connectivity index (χ0) is 27.6. The van der Waals surface area contributed by atoms with Crippen molar-refractivity contribution in [2.45, 2.75) is 44.9 Å². The molecule has 0 radical (unpaired) electrons. The van der Waals surface area contributed by atoms with E-state index < -0.39 is 32.5 Å². The average molecular weight is 546 g/mol. The van der Waals surface area contributed by atoms with Crippen LogP contribution in [0.5, 0.6) is 0 Å². The molecule has 2 N–H and O–H groups in total. The molecule has 198 valence electrons. The number of aromatic nitrogens is 2. The van der Waals surface area contributed by atoms with Gasteiger partial charge in [0.15, 0.2) is 0 Å². The van der Waals surface area contributed by atoms with Crippen molar-refractivity contribution in [3.63, 3.8) is 0 Å². The Labute approximate surface area is 218 Å². The van der Waals surface area contributed by atoms with Gasteiger partial charge in [-0.1, -0.05) is 32.9 Å². The minimum atomic E-state index is -3.96. The van der Waals surface area contributed by atoms with Crippen LogP contribution in [-0.2, 0) is 30.3 Å². The van der Waals surface area contributed by atoms with Gasteiger partial charge in [-0.15, -0.1) is 0 Å². The van der Waals surface area contributed by atoms with Crippen LogP contribution in [0.15, 0.2) is 59.5 Å². The van der Waals surface area contributed by atoms with Crippen LogP contribution in [0.1, 0.15) is 37.7 Å². The molecule has 0 saturated carbocycles. The maximum atomic E-state index is 12.7. The summed E-state index contributed by atoms with van der Waals surface area (Å²) in [5, 5.41) is 2.61. The van der Waals surface area contributed by atoms with E-state index in [1.807, 2.05) is 32.9 Å². The Morgan fingerprint density at radius 1 is 0.892 bits per heavy atom. The van der Waals surface area contributed by atoms with Gasteiger partial charge in [0.25, 0.3) is 10.0 Å². The summed E-state index contributed by atoms with van der Waals surface area (Å²) in [6, 6.07) is 14.2. The van der Waals surface area contributed by atoms with Crippen molar-refractivity contribution in [1.82, 2.24) is 9.97 Å². The lowest BCUT2D eigenvalue weighted by molar-refractivity contribution is -0.114. The van der Waals surface area contributed by atoms with Gasteiger partial charge in [0.1, 0.15) is 6.54 Å². The van der Waals surface area contributed by atoms with Crippen molar-refractivity contribution in [2.75, 3.05) is 27.1 Å². The Bertz CT molecular complexity index is 1480. The Morgan fingerprint density at radius 2 is 1.43 bits per heavy atom. The summed E-state index contributed by atoms with van der Waals surface area (Å²) in [6.45, 7) is 9.17. The number of nitrogens with one attached hydrogen (secondary N) is 2. The number of amides is 1. The second kappa shape index (κ2) is 10.5. The van der Waals surface area contributed by atoms with E-state index in [-0.39, 0.29) is 16.3 Å². The number of carbonyl (C=O) groups is 1. The zero-order valence-electron chi connectivity index (χ0n) is 21.6. The van der Waals surface area contributed by atoms with E-state index in [1.54, 1.807) is 32.0 Å². The Morgan fingerprint density at radius 3 is 1.92 bits per heavy atom. The molecule has 0 fully saturated rings. The van der Waals surface area contributed by atoms with Crippen molar-refractivity contribution in [2.24, 2.45) is 0 Å². The Balaban J connectivity index is 1.72. The van der Waals surface area contributed by atoms with Crippen molar-refractivity contribution in [3.05, 3.63) is 71.5 Å². The average Bonchev–Trinajstić information content (AvgIpc) is 2.75. The molecular weight excluding hydrogens is 514 g/mol. The molecule has 1 heterocycles. The third-order valence-electron chi connectivity index (χ3n) is 5.37. The summed E-state index contributed by atoms with van der Waals surface area (Å²) >= 11 is 0. The monoisotopic (exact) mass is 545 g/mol. The van der Waals surface area contributed by atoms with Gasteiger partial charge in [0.05, 0.1) is 16.8 Å². The normalized spacial score (nSPS) is 12.2. The van der Waals surface area contributed by atoms with Crippen LogP contribution < -0.4 is 14.3 Å². The molecule has 2 aromatic carbocycles. The highest BCUT2D eigenvalue weighted by molar-refractivity contribution is 7.92. The lowest BCUT2D eigenvalue weighted by atomic mass is 9.87. The molecule has 1 aromatic heterocycles. The van der Waals surface area contributed by atoms with Crippen molar-refractivity contribution in [1.29, 1.82) is 0 Å². The smallest absolute Gasteiger partial charge is 0.264 e. The van der Waals surface area contributed by atoms with E-state index in [1.165, 1.54) is 24.3 Å². The fourth-order valence-corrected chi connectivity index (χ4v) is 5.33. The molecule has 0 aliphatic rings. The van der Waals surface area contributed by atoms with E-state index in [0.29, 0.717) is 22.8 Å². The predicted octanol–water partition coefficient (Wildman–Crippen LogP) is 3.60. The van der Waals surface area contributed by atoms with Gasteiger partial charge >= 0.3 is 0 Å². The summed E-state index contributed by atoms with van der Waals surface area (Å²) < 4.78 is 53.6. The van der Waals surface area contributed by atoms with E-state index in [4.69, 9.17) is 0 Å². The van der Waals surface area contributed by atoms with Gasteiger partial charge in [-0.2, -0.15) is 0 Å². The van der Waals surface area contributed by atoms with E-state index in [2.05, 4.69) is 20.0 Å². The minimum Gasteiger partial charge on any atom is -0.325 e. The lowest BCUT2D eigenvalue weighted by Gasteiger charge is -2.24. The molecule has 0 atom stereocenters. The molecule has 0 aliphatic heterocycles. The second-order valence-electron chi connectivity index (χ2n) is 9.72. The molecule has 0 unspecified atom stereocenters. The number of carbonyl (C=O) groups excluding carboxylic acids is 1. The molecule has 1 amide bonds. The number of sulfonamides is 2. The number of benzene rings is 2. The van der Waals surface area contributed by atoms with Crippen LogP contribution in [0.2, 0.25) is 0 Å². The highest BCUT2D eigenvalue weighted by Crippen LogP contribution is 2.26. The highest BCUT2D eigenvalue weighted by atomic mass is 32.2. The third kappa shape index (κ3) is 7.49. The van der Waals surface area contributed by atoms with E-state index in [9.17, 15) is 21.6 Å². The highest BCUT2D eigenvalue weighted by Gasteiger charge is 2.22. The van der Waals surface area contributed by atoms with Gasteiger partial charge < -0.3 is 5.32 Å². The van der Waals surface area contributed by atoms with Crippen LogP contribution in [0.25, 0.3) is 0 Å². The number of aryl methyl sites for hydroxylation is 2. The standard InChI is InChI=1S/C25H31N5O5S2/c1-17-15-18(2)27-24(26-17)29-37(34,35)22-13-9-20(10-14-22)28-23(31)16-30(36(6,32)33)21-11-7-19(8-12-21)25(3,4)5/h7-15H,16H2,1-6H3,(H,28,31)(H,26,27,29). The second-order valence-corrected chi connectivity index (χ2v) is 13.3. The molecule has 3 rings (SSSR count). The number of rotatable bonds is 8. The molecular formula is C25H31N5O5S2. The summed E-state index contributed by atoms with van der Waals surface area (Å²) in [5.41, 5.74) is 2.85. The number of hydrogen-bond donors (Lipinski definition) is 2. The fraction of sp³-hybridized carbons (Fsp3) is 0.320. The first-order valence-electron chi connectivity index (χ1n) is 11.4. The summed E-state index contributed by atoms with van der Waals surface area (Å²) in [6.07, 6.45) is 1.03. The number of nitrogens with zero attached hydrogens (tertiary/aromatic N) is 3. The third-order valence-corrected chi connectivity index (χ3v) is 7.85. The topological polar surface area (TPSA) is 138 Å². The van der Waals surface area contributed by atoms with Gasteiger partial charge in [-0.05, 0) is 67.3 Å². The van der Waals surface area contributed by atoms with Gasteiger partial charge in [-0.3, -0.25) is 9.10 Å². The Kier molecular flexibility index (Phi) is 7.94. The minimum absolute atomic E-state index is 0.0359. The zero-order valence-corrected chi connectivity index (χ0v) is 23.2. The molecule has 10 nitrogen and oxygen atoms in total. The van der Waals surface area contributed by atoms with Gasteiger partial charge in [0.2, 0.25) is 21.9 Å². The molecule has 3 aromatic rings. The number of anilines is 3. The predicted molar refractivity (Wildman–Crippen MR) is 145 cm³/mol. The molecule has 0 aliphatic carbocycles. The van der Waals surface area contributed by atoms with Gasteiger partial charge in [-0.25, -0.2) is 31.5 Å². The van der Waals surface area contributed by atoms with Crippen LogP contribution in [0, 0.1) is 13.8 Å². The van der Waals surface area contributed by atoms with Crippen molar-refractivity contribution in [3.8, 4) is 0 Å². The SMILES string of the molecule is Cc1cc(C)nc(NS(=O)(=O)c2ccc(NC(=O)CN(c3ccc(C(C)(C)C)cc3)S(C)(=O)=O)cc2)n1. The molecule has 37 heavy (non-hydrogen) atoms. The van der Waals surface area contributed by atoms with Crippen molar-refractivity contribution < 1.29 is 21.6 Å². The fourth-order valence-electron chi connectivity index (χ4n) is 3.53. The molecule has 0 bridgehead atoms. The van der Waals surface area contributed by atoms with Crippen LogP contribution >= 0.6 is 0 Å². The molecule has 0 saturated heterocycles. The Hall–Kier alpha value is -3.51. The van der Waals surface area contributed by atoms with Crippen LogP contribution in [0.3, 0.4) is 0 Å². The van der Waals surface area contributed by atoms with Gasteiger partial charge in [0, 0.05) is 17.1 Å². The maximum absolute atomic E-state index is 12.7. The van der Waals surface area contributed by atoms with Crippen LogP contribution in [0.4, 0.5) is 17.3 Å². The quantitative estimate of drug-likeness (QED) is 0.441. The summed E-state index contributed by atoms with van der Waals surface area (Å²) in [5.74, 6) is -0.617. The van der Waals surface area contributed by atoms with E-state index in [0.717, 1.165) is 16.1 Å². The molecule has 0 spiro atoms. The van der Waals surface area contributed by atoms with Crippen LogP contribution in [-0.4, -0.2) is 45.5 Å².